The van der Waals surface area contributed by atoms with Crippen LogP contribution in [0.4, 0.5) is 8.78 Å². The zero-order valence-electron chi connectivity index (χ0n) is 91.1. The second-order valence-corrected chi connectivity index (χ2v) is 22.8. The van der Waals surface area contributed by atoms with Crippen molar-refractivity contribution in [2.24, 2.45) is 0 Å². The fourth-order valence-electron chi connectivity index (χ4n) is 6.47. The van der Waals surface area contributed by atoms with Crippen LogP contribution in [0, 0.1) is 0 Å². The minimum absolute atomic E-state index is 0. The number of aliphatic hydroxyl groups is 3. The van der Waals surface area contributed by atoms with Crippen molar-refractivity contribution in [3.05, 3.63) is 400 Å². The lowest BCUT2D eigenvalue weighted by Gasteiger charge is -2.07. The van der Waals surface area contributed by atoms with Gasteiger partial charge in [0.2, 0.25) is 0 Å². The molecule has 0 heterocycles. The molecule has 0 amide bonds. The summed E-state index contributed by atoms with van der Waals surface area (Å²) in [5.74, 6) is 0. The Morgan fingerprint density at radius 1 is 0.154 bits per heavy atom. The van der Waals surface area contributed by atoms with Crippen molar-refractivity contribution in [3.8, 4) is 0 Å². The maximum atomic E-state index is 9.50. The van der Waals surface area contributed by atoms with E-state index in [0.29, 0.717) is 14.4 Å². The summed E-state index contributed by atoms with van der Waals surface area (Å²) >= 11 is 0. The first-order chi connectivity index (χ1) is 63.4. The zero-order valence-corrected chi connectivity index (χ0v) is 94.3. The molecule has 136 heavy (non-hydrogen) atoms. The predicted octanol–water partition coefficient (Wildman–Crippen LogP) is 35.9. The van der Waals surface area contributed by atoms with E-state index in [9.17, 15) is 8.78 Å². The van der Waals surface area contributed by atoms with Crippen LogP contribution in [0.5, 0.6) is 0 Å². The standard InChI is InChI=1S/2C18H15S.6C6H6.3C3H8.3C2H6O.13C2H6.2CH3F.3CH4O.6CH4.2ClH/c2*1-4-10-16(11-5-1)19(17-12-6-2-7-13-17)18-14-8-3-9-15-18;6*1-2-4-6-5-3-1;6*1-3-2;18*1-2;;;;;;;;/h2*1-15H;6*1-6H;3*3H2,1-2H3;3*1-2H3;13*1-2H3;2*1H3;3*2H,1H3;6*1H4;2*1H/q2*+1;;;;;;;;;;;;;;;;;;;;;;;;;;;;;;;;;;;;;;/p-2. The SMILES string of the molecule is C.C.C.C.C.C.CC.CC.CC.CC.CC.CC.CC.CC.CC.CC.CC.CC.CC.CCC.CCC.CCC.CF.CF.CO.CO.CO.COC.COC.COC.[Cl-].[Cl-].c1ccc([S+](c2ccccc2)c2ccccc2)cc1.c1ccc([S+](c2ccccc2)c2ccccc2)cc1.c1ccccc1.c1ccccc1.c1ccccc1.c1ccccc1.c1ccccc1.c1ccccc1. The molecule has 0 saturated carbocycles. The van der Waals surface area contributed by atoms with Gasteiger partial charge in [-0.25, -0.2) is 0 Å². The fraction of sp³-hybridized carbons (Fsp3) is 0.419. The number of hydrogen-bond donors (Lipinski definition) is 3. The average Bonchev–Trinajstić information content (AvgIpc) is 0.827. The maximum absolute atomic E-state index is 9.50. The summed E-state index contributed by atoms with van der Waals surface area (Å²) in [7, 11) is 13.7. The fourth-order valence-corrected chi connectivity index (χ4v) is 10.7. The molecule has 12 aromatic rings. The number of alkyl halides is 2. The molecule has 0 unspecified atom stereocenters. The van der Waals surface area contributed by atoms with Gasteiger partial charge in [0, 0.05) is 64.0 Å². The van der Waals surface area contributed by atoms with Crippen LogP contribution in [0.1, 0.15) is 285 Å². The van der Waals surface area contributed by atoms with Gasteiger partial charge in [0.1, 0.15) is 0 Å². The van der Waals surface area contributed by atoms with Crippen molar-refractivity contribution in [2.75, 3.05) is 78.3 Å². The van der Waals surface area contributed by atoms with Gasteiger partial charge >= 0.3 is 0 Å². The second-order valence-electron chi connectivity index (χ2n) is 18.8. The van der Waals surface area contributed by atoms with Gasteiger partial charge in [-0.15, -0.1) is 0 Å². The van der Waals surface area contributed by atoms with E-state index in [2.05, 4.69) is 238 Å². The van der Waals surface area contributed by atoms with Gasteiger partial charge in [-0.2, -0.15) is 0 Å². The van der Waals surface area contributed by atoms with Gasteiger partial charge in [-0.05, 0) is 72.8 Å². The smallest absolute Gasteiger partial charge is 0.166 e. The summed E-state index contributed by atoms with van der Waals surface area (Å²) in [6.07, 6.45) is 3.75. The van der Waals surface area contributed by atoms with Gasteiger partial charge in [0.25, 0.3) is 0 Å². The largest absolute Gasteiger partial charge is 1.00 e. The van der Waals surface area contributed by atoms with Gasteiger partial charge in [-0.3, -0.25) is 8.78 Å². The highest BCUT2D eigenvalue weighted by Gasteiger charge is 2.28. The van der Waals surface area contributed by atoms with Crippen LogP contribution in [0.15, 0.2) is 430 Å². The lowest BCUT2D eigenvalue weighted by Crippen LogP contribution is -3.00. The molecule has 12 aromatic carbocycles. The minimum atomic E-state index is -0.0146. The first-order valence-electron chi connectivity index (χ1n) is 46.5. The molecule has 0 atom stereocenters. The Morgan fingerprint density at radius 3 is 0.235 bits per heavy atom. The number of aliphatic hydroxyl groups excluding tert-OH is 3. The molecule has 0 aliphatic heterocycles. The highest BCUT2D eigenvalue weighted by Crippen LogP contribution is 2.32. The van der Waals surface area contributed by atoms with Crippen molar-refractivity contribution in [3.63, 3.8) is 0 Å². The van der Waals surface area contributed by atoms with Crippen LogP contribution in [-0.4, -0.2) is 93.7 Å². The van der Waals surface area contributed by atoms with E-state index < -0.39 is 0 Å². The van der Waals surface area contributed by atoms with Crippen molar-refractivity contribution in [2.45, 2.75) is 315 Å². The number of benzene rings is 12. The topological polar surface area (TPSA) is 88.4 Å². The summed E-state index contributed by atoms with van der Waals surface area (Å²) in [6, 6.07) is 136. The Balaban J connectivity index is -0.0000000357. The second kappa shape index (κ2) is 260. The average molecular weight is 1990 g/mol. The van der Waals surface area contributed by atoms with E-state index in [1.54, 1.807) is 42.7 Å². The Labute approximate surface area is 872 Å². The number of rotatable bonds is 6. The predicted molar refractivity (Wildman–Crippen MR) is 635 cm³/mol. The Kier molecular flexibility index (Phi) is 394. The highest BCUT2D eigenvalue weighted by molar-refractivity contribution is 7.97. The quantitative estimate of drug-likeness (QED) is 0.144. The summed E-state index contributed by atoms with van der Waals surface area (Å²) in [5, 5.41) is 21.0. The van der Waals surface area contributed by atoms with Crippen LogP contribution in [0.3, 0.4) is 0 Å². The number of hydrogen-bond acceptors (Lipinski definition) is 6. The van der Waals surface area contributed by atoms with E-state index in [1.165, 1.54) is 48.6 Å². The van der Waals surface area contributed by atoms with E-state index in [4.69, 9.17) is 15.3 Å². The molecule has 0 aromatic heterocycles. The van der Waals surface area contributed by atoms with Crippen LogP contribution in [-0.2, 0) is 36.0 Å². The van der Waals surface area contributed by atoms with Crippen LogP contribution in [0.2, 0.25) is 0 Å². The first kappa shape index (κ1) is 206. The molecule has 0 radical (unpaired) electrons. The van der Waals surface area contributed by atoms with Gasteiger partial charge in [-0.1, -0.05) is 613 Å². The Morgan fingerprint density at radius 2 is 0.191 bits per heavy atom. The molecule has 0 aliphatic carbocycles. The van der Waals surface area contributed by atoms with Crippen molar-refractivity contribution < 1.29 is 63.1 Å². The lowest BCUT2D eigenvalue weighted by atomic mass is 10.4. The third-order valence-corrected chi connectivity index (χ3v) is 14.3. The summed E-state index contributed by atoms with van der Waals surface area (Å²) in [6.45, 7) is 64.8. The molecule has 12 rings (SSSR count). The van der Waals surface area contributed by atoms with Crippen LogP contribution < -0.4 is 24.8 Å². The van der Waals surface area contributed by atoms with E-state index in [0.717, 1.165) is 21.3 Å². The number of halogens is 4. The first-order valence-corrected chi connectivity index (χ1v) is 48.9. The molecular weight excluding hydrogens is 1760 g/mol. The molecule has 3 N–H and O–H groups in total. The van der Waals surface area contributed by atoms with Crippen LogP contribution in [0.25, 0.3) is 0 Å². The van der Waals surface area contributed by atoms with E-state index >= 15 is 0 Å². The molecule has 0 saturated heterocycles. The van der Waals surface area contributed by atoms with Gasteiger partial charge in [0.05, 0.1) is 36.1 Å². The summed E-state index contributed by atoms with van der Waals surface area (Å²) in [4.78, 5) is 8.17. The van der Waals surface area contributed by atoms with E-state index in [1.807, 2.05) is 398 Å². The lowest BCUT2D eigenvalue weighted by molar-refractivity contribution is -0.00100. The summed E-state index contributed by atoms with van der Waals surface area (Å²) < 4.78 is 31.8. The number of ether oxygens (including phenoxy) is 3. The Bertz CT molecular complexity index is 2430. The van der Waals surface area contributed by atoms with Gasteiger partial charge < -0.3 is 54.3 Å². The monoisotopic (exact) mass is 1990 g/mol. The molecule has 0 aliphatic rings. The third kappa shape index (κ3) is 197. The molecule has 800 valence electrons. The molecule has 0 fully saturated rings. The van der Waals surface area contributed by atoms with Crippen molar-refractivity contribution >= 4 is 21.8 Å². The molecule has 0 spiro atoms. The van der Waals surface area contributed by atoms with Gasteiger partial charge in [0.15, 0.2) is 29.4 Å². The highest BCUT2D eigenvalue weighted by atomic mass is 35.5. The number of methoxy groups -OCH3 is 3. The van der Waals surface area contributed by atoms with Crippen molar-refractivity contribution in [1.82, 2.24) is 0 Å². The van der Waals surface area contributed by atoms with Crippen LogP contribution >= 0.6 is 0 Å². The third-order valence-electron chi connectivity index (χ3n) is 9.87. The molecule has 0 bridgehead atoms. The molecular formula is C124H228Cl2F2O6S2. The molecule has 6 nitrogen and oxygen atoms in total. The summed E-state index contributed by atoms with van der Waals surface area (Å²) in [5.41, 5.74) is 0. The minimum Gasteiger partial charge on any atom is -1.00 e. The Hall–Kier alpha value is -8.46. The zero-order chi connectivity index (χ0) is 104. The maximum Gasteiger partial charge on any atom is 0.166 e. The molecule has 12 heteroatoms. The van der Waals surface area contributed by atoms with Crippen molar-refractivity contribution in [1.29, 1.82) is 0 Å². The normalized spacial score (nSPS) is 6.66. The van der Waals surface area contributed by atoms with E-state index in [-0.39, 0.29) is 91.2 Å².